The monoisotopic (exact) mass is 202 g/mol. The standard InChI is InChI=1S/C8H12S2.C2H6/c1-3-7(2)8-6-9-4-5-10-8;1-2/h3,6H,4-5H2,1-2H3;1-2H3/b7-3+;. The van der Waals surface area contributed by atoms with E-state index in [1.165, 1.54) is 22.0 Å². The maximum Gasteiger partial charge on any atom is 0.0161 e. The van der Waals surface area contributed by atoms with Crippen molar-refractivity contribution in [3.05, 3.63) is 22.0 Å². The van der Waals surface area contributed by atoms with Gasteiger partial charge < -0.3 is 0 Å². The molecule has 0 N–H and O–H groups in total. The van der Waals surface area contributed by atoms with Crippen LogP contribution in [0.3, 0.4) is 0 Å². The molecule has 12 heavy (non-hydrogen) atoms. The van der Waals surface area contributed by atoms with Crippen LogP contribution in [-0.4, -0.2) is 11.5 Å². The number of thioether (sulfide) groups is 2. The van der Waals surface area contributed by atoms with Gasteiger partial charge in [0.15, 0.2) is 0 Å². The Kier molecular flexibility index (Phi) is 7.93. The van der Waals surface area contributed by atoms with Gasteiger partial charge in [-0.15, -0.1) is 23.5 Å². The maximum atomic E-state index is 2.27. The second-order valence-electron chi connectivity index (χ2n) is 2.17. The summed E-state index contributed by atoms with van der Waals surface area (Å²) in [5.74, 6) is 2.53. The van der Waals surface area contributed by atoms with Crippen molar-refractivity contribution in [2.24, 2.45) is 0 Å². The first-order chi connectivity index (χ1) is 5.84. The molecular weight excluding hydrogens is 184 g/mol. The summed E-state index contributed by atoms with van der Waals surface area (Å²) in [6, 6.07) is 0. The number of hydrogen-bond acceptors (Lipinski definition) is 2. The van der Waals surface area contributed by atoms with Crippen LogP contribution in [0.2, 0.25) is 0 Å². The Morgan fingerprint density at radius 3 is 2.50 bits per heavy atom. The quantitative estimate of drug-likeness (QED) is 0.622. The Morgan fingerprint density at radius 1 is 1.42 bits per heavy atom. The minimum Gasteiger partial charge on any atom is -0.132 e. The molecule has 0 saturated carbocycles. The van der Waals surface area contributed by atoms with E-state index >= 15 is 0 Å². The third-order valence-corrected chi connectivity index (χ3v) is 3.88. The lowest BCUT2D eigenvalue weighted by atomic mass is 10.3. The predicted octanol–water partition coefficient (Wildman–Crippen LogP) is 4.30. The van der Waals surface area contributed by atoms with Crippen molar-refractivity contribution >= 4 is 23.5 Å². The fraction of sp³-hybridized carbons (Fsp3) is 0.600. The zero-order valence-electron chi connectivity index (χ0n) is 8.39. The van der Waals surface area contributed by atoms with Crippen LogP contribution in [0.25, 0.3) is 0 Å². The molecule has 2 heteroatoms. The minimum absolute atomic E-state index is 1.27. The third kappa shape index (κ3) is 4.27. The second-order valence-corrected chi connectivity index (χ2v) is 4.29. The first-order valence-corrected chi connectivity index (χ1v) is 6.46. The lowest BCUT2D eigenvalue weighted by Crippen LogP contribution is -1.91. The Labute approximate surface area is 84.9 Å². The lowest BCUT2D eigenvalue weighted by molar-refractivity contribution is 1.44. The summed E-state index contributed by atoms with van der Waals surface area (Å²) in [7, 11) is 0. The summed E-state index contributed by atoms with van der Waals surface area (Å²) in [6.45, 7) is 8.26. The van der Waals surface area contributed by atoms with E-state index in [9.17, 15) is 0 Å². The van der Waals surface area contributed by atoms with Gasteiger partial charge in [-0.05, 0) is 24.8 Å². The van der Waals surface area contributed by atoms with Crippen LogP contribution in [0.15, 0.2) is 22.0 Å². The topological polar surface area (TPSA) is 0 Å². The normalized spacial score (nSPS) is 17.7. The van der Waals surface area contributed by atoms with Gasteiger partial charge in [-0.25, -0.2) is 0 Å². The largest absolute Gasteiger partial charge is 0.132 e. The average molecular weight is 202 g/mol. The summed E-state index contributed by atoms with van der Waals surface area (Å²) in [5, 5.41) is 2.27. The van der Waals surface area contributed by atoms with Gasteiger partial charge in [0.05, 0.1) is 0 Å². The Balaban J connectivity index is 0.000000561. The summed E-state index contributed by atoms with van der Waals surface area (Å²) in [6.07, 6.45) is 2.17. The molecule has 0 fully saturated rings. The highest BCUT2D eigenvalue weighted by Crippen LogP contribution is 2.31. The van der Waals surface area contributed by atoms with Crippen LogP contribution in [0, 0.1) is 0 Å². The summed E-state index contributed by atoms with van der Waals surface area (Å²) in [5.41, 5.74) is 1.41. The fourth-order valence-electron chi connectivity index (χ4n) is 0.717. The van der Waals surface area contributed by atoms with Crippen molar-refractivity contribution in [1.29, 1.82) is 0 Å². The average Bonchev–Trinajstić information content (AvgIpc) is 2.21. The number of rotatable bonds is 1. The molecule has 0 radical (unpaired) electrons. The summed E-state index contributed by atoms with van der Waals surface area (Å²) in [4.78, 5) is 1.46. The highest BCUT2D eigenvalue weighted by atomic mass is 32.2. The SMILES string of the molecule is C/C=C(\C)C1=CSCCS1.CC. The van der Waals surface area contributed by atoms with Crippen LogP contribution >= 0.6 is 23.5 Å². The van der Waals surface area contributed by atoms with E-state index in [0.29, 0.717) is 0 Å². The molecule has 1 rings (SSSR count). The van der Waals surface area contributed by atoms with Gasteiger partial charge in [-0.3, -0.25) is 0 Å². The number of hydrogen-bond donors (Lipinski definition) is 0. The molecule has 0 saturated heterocycles. The van der Waals surface area contributed by atoms with E-state index in [-0.39, 0.29) is 0 Å². The molecule has 0 bridgehead atoms. The first kappa shape index (κ1) is 12.2. The second kappa shape index (κ2) is 7.81. The third-order valence-electron chi connectivity index (χ3n) is 1.47. The molecule has 1 aliphatic rings. The van der Waals surface area contributed by atoms with Crippen molar-refractivity contribution < 1.29 is 0 Å². The molecule has 0 spiro atoms. The molecule has 0 aromatic heterocycles. The van der Waals surface area contributed by atoms with E-state index in [2.05, 4.69) is 25.3 Å². The van der Waals surface area contributed by atoms with E-state index in [0.717, 1.165) is 0 Å². The van der Waals surface area contributed by atoms with Crippen LogP contribution in [0.4, 0.5) is 0 Å². The van der Waals surface area contributed by atoms with E-state index in [1.54, 1.807) is 0 Å². The summed E-state index contributed by atoms with van der Waals surface area (Å²) < 4.78 is 0. The smallest absolute Gasteiger partial charge is 0.0161 e. The van der Waals surface area contributed by atoms with Crippen LogP contribution < -0.4 is 0 Å². The Hall–Kier alpha value is 0.180. The minimum atomic E-state index is 1.27. The molecule has 0 aromatic rings. The van der Waals surface area contributed by atoms with Gasteiger partial charge >= 0.3 is 0 Å². The highest BCUT2D eigenvalue weighted by molar-refractivity contribution is 8.09. The highest BCUT2D eigenvalue weighted by Gasteiger charge is 2.04. The van der Waals surface area contributed by atoms with Gasteiger partial charge in [0.2, 0.25) is 0 Å². The molecule has 0 aliphatic carbocycles. The first-order valence-electron chi connectivity index (χ1n) is 4.42. The predicted molar refractivity (Wildman–Crippen MR) is 63.8 cm³/mol. The number of allylic oxidation sites excluding steroid dienone is 2. The van der Waals surface area contributed by atoms with Gasteiger partial charge in [-0.1, -0.05) is 19.9 Å². The maximum absolute atomic E-state index is 2.27. The zero-order valence-corrected chi connectivity index (χ0v) is 10.0. The molecule has 0 unspecified atom stereocenters. The van der Waals surface area contributed by atoms with Gasteiger partial charge in [0, 0.05) is 16.4 Å². The van der Waals surface area contributed by atoms with Crippen molar-refractivity contribution in [1.82, 2.24) is 0 Å². The van der Waals surface area contributed by atoms with Crippen molar-refractivity contribution in [3.63, 3.8) is 0 Å². The molecule has 0 amide bonds. The van der Waals surface area contributed by atoms with Crippen molar-refractivity contribution in [2.45, 2.75) is 27.7 Å². The molecule has 1 aliphatic heterocycles. The van der Waals surface area contributed by atoms with Crippen molar-refractivity contribution in [2.75, 3.05) is 11.5 Å². The van der Waals surface area contributed by atoms with Gasteiger partial charge in [0.25, 0.3) is 0 Å². The molecule has 70 valence electrons. The van der Waals surface area contributed by atoms with E-state index in [1.807, 2.05) is 37.4 Å². The van der Waals surface area contributed by atoms with Crippen LogP contribution in [0.5, 0.6) is 0 Å². The van der Waals surface area contributed by atoms with Gasteiger partial charge in [0.1, 0.15) is 0 Å². The lowest BCUT2D eigenvalue weighted by Gasteiger charge is -2.11. The fourth-order valence-corrected chi connectivity index (χ4v) is 2.93. The summed E-state index contributed by atoms with van der Waals surface area (Å²) >= 11 is 3.89. The van der Waals surface area contributed by atoms with E-state index < -0.39 is 0 Å². The Morgan fingerprint density at radius 2 is 2.08 bits per heavy atom. The molecule has 0 atom stereocenters. The Bertz CT molecular complexity index is 169. The van der Waals surface area contributed by atoms with E-state index in [4.69, 9.17) is 0 Å². The molecule has 0 aromatic carbocycles. The van der Waals surface area contributed by atoms with Crippen LogP contribution in [0.1, 0.15) is 27.7 Å². The molecule has 0 nitrogen and oxygen atoms in total. The zero-order chi connectivity index (χ0) is 9.40. The molecular formula is C10H18S2. The van der Waals surface area contributed by atoms with Crippen LogP contribution in [-0.2, 0) is 0 Å². The van der Waals surface area contributed by atoms with Crippen molar-refractivity contribution in [3.8, 4) is 0 Å². The van der Waals surface area contributed by atoms with Gasteiger partial charge in [-0.2, -0.15) is 0 Å². The molecule has 1 heterocycles.